The lowest BCUT2D eigenvalue weighted by Gasteiger charge is -2.18. The number of hydrogen-bond acceptors (Lipinski definition) is 1. The van der Waals surface area contributed by atoms with Crippen LogP contribution < -0.4 is 0 Å². The van der Waals surface area contributed by atoms with Crippen LogP contribution in [0.15, 0.2) is 0 Å². The van der Waals surface area contributed by atoms with Crippen molar-refractivity contribution >= 4 is 5.91 Å². The van der Waals surface area contributed by atoms with Gasteiger partial charge in [-0.2, -0.15) is 0 Å². The van der Waals surface area contributed by atoms with Gasteiger partial charge in [0.2, 0.25) is 5.91 Å². The van der Waals surface area contributed by atoms with Crippen LogP contribution in [0.2, 0.25) is 0 Å². The maximum absolute atomic E-state index is 11.6. The molecule has 0 aromatic rings. The number of carbonyl (C=O) groups is 1. The highest BCUT2D eigenvalue weighted by molar-refractivity contribution is 5.78. The van der Waals surface area contributed by atoms with E-state index in [0.717, 1.165) is 13.1 Å². The van der Waals surface area contributed by atoms with Gasteiger partial charge in [-0.15, -0.1) is 0 Å². The molecule has 1 aliphatic carbocycles. The number of amides is 1. The van der Waals surface area contributed by atoms with Gasteiger partial charge in [-0.05, 0) is 24.7 Å². The van der Waals surface area contributed by atoms with E-state index in [1.54, 1.807) is 0 Å². The van der Waals surface area contributed by atoms with Gasteiger partial charge in [0.1, 0.15) is 0 Å². The first kappa shape index (κ1) is 8.09. The Bertz CT molecular complexity index is 206. The minimum atomic E-state index is 0.180. The van der Waals surface area contributed by atoms with Crippen LogP contribution in [0.5, 0.6) is 0 Å². The summed E-state index contributed by atoms with van der Waals surface area (Å²) in [7, 11) is 0. The predicted molar refractivity (Wildman–Crippen MR) is 47.7 cm³/mol. The largest absolute Gasteiger partial charge is 0.342 e. The highest BCUT2D eigenvalue weighted by Gasteiger charge is 2.48. The van der Waals surface area contributed by atoms with Gasteiger partial charge in [0.05, 0.1) is 0 Å². The summed E-state index contributed by atoms with van der Waals surface area (Å²) in [5.74, 6) is 0.526. The molecule has 1 saturated carbocycles. The van der Waals surface area contributed by atoms with Crippen LogP contribution in [-0.4, -0.2) is 23.9 Å². The van der Waals surface area contributed by atoms with Crippen LogP contribution in [0.3, 0.4) is 0 Å². The van der Waals surface area contributed by atoms with Gasteiger partial charge in [-0.25, -0.2) is 0 Å². The maximum atomic E-state index is 11.6. The lowest BCUT2D eigenvalue weighted by molar-refractivity contribution is -0.133. The Morgan fingerprint density at radius 1 is 1.33 bits per heavy atom. The van der Waals surface area contributed by atoms with Crippen molar-refractivity contribution in [3.05, 3.63) is 0 Å². The van der Waals surface area contributed by atoms with Crippen molar-refractivity contribution < 1.29 is 4.79 Å². The van der Waals surface area contributed by atoms with Crippen molar-refractivity contribution in [3.8, 4) is 0 Å². The molecule has 12 heavy (non-hydrogen) atoms. The van der Waals surface area contributed by atoms with E-state index in [0.29, 0.717) is 11.3 Å². The zero-order chi connectivity index (χ0) is 8.77. The second-order valence-electron chi connectivity index (χ2n) is 4.66. The van der Waals surface area contributed by atoms with Gasteiger partial charge in [-0.3, -0.25) is 4.79 Å². The summed E-state index contributed by atoms with van der Waals surface area (Å²) in [4.78, 5) is 13.6. The molecular weight excluding hydrogens is 150 g/mol. The van der Waals surface area contributed by atoms with Crippen molar-refractivity contribution in [2.24, 2.45) is 11.3 Å². The van der Waals surface area contributed by atoms with E-state index < -0.39 is 0 Å². The highest BCUT2D eigenvalue weighted by atomic mass is 16.2. The summed E-state index contributed by atoms with van der Waals surface area (Å²) in [5, 5.41) is 0. The van der Waals surface area contributed by atoms with Gasteiger partial charge < -0.3 is 4.90 Å². The predicted octanol–water partition coefficient (Wildman–Crippen LogP) is 1.65. The minimum absolute atomic E-state index is 0.180. The first-order valence-electron chi connectivity index (χ1n) is 4.92. The second kappa shape index (κ2) is 2.48. The topological polar surface area (TPSA) is 20.3 Å². The van der Waals surface area contributed by atoms with Crippen LogP contribution >= 0.6 is 0 Å². The standard InChI is InChI=1S/C10H17NO/c1-8(2)9(12)11-6-5-10(7-11)3-4-10/h8H,3-7H2,1-2H3. The van der Waals surface area contributed by atoms with E-state index in [-0.39, 0.29) is 5.92 Å². The molecular formula is C10H17NO. The first-order valence-corrected chi connectivity index (χ1v) is 4.92. The van der Waals surface area contributed by atoms with Crippen molar-refractivity contribution in [2.45, 2.75) is 33.1 Å². The Labute approximate surface area is 73.9 Å². The molecule has 0 aromatic carbocycles. The van der Waals surface area contributed by atoms with E-state index in [1.165, 1.54) is 19.3 Å². The van der Waals surface area contributed by atoms with Crippen LogP contribution in [0, 0.1) is 11.3 Å². The molecule has 2 aliphatic rings. The summed E-state index contributed by atoms with van der Waals surface area (Å²) in [6.45, 7) is 6.03. The molecule has 2 rings (SSSR count). The maximum Gasteiger partial charge on any atom is 0.225 e. The molecule has 0 atom stereocenters. The van der Waals surface area contributed by atoms with E-state index >= 15 is 0 Å². The monoisotopic (exact) mass is 167 g/mol. The molecule has 1 aliphatic heterocycles. The van der Waals surface area contributed by atoms with Crippen LogP contribution in [0.1, 0.15) is 33.1 Å². The SMILES string of the molecule is CC(C)C(=O)N1CCC2(CC2)C1. The van der Waals surface area contributed by atoms with Crippen molar-refractivity contribution in [1.82, 2.24) is 4.90 Å². The molecule has 1 heterocycles. The fraction of sp³-hybridized carbons (Fsp3) is 0.900. The third-order valence-corrected chi connectivity index (χ3v) is 3.20. The Balaban J connectivity index is 1.94. The Kier molecular flexibility index (Phi) is 1.67. The smallest absolute Gasteiger partial charge is 0.225 e. The molecule has 2 fully saturated rings. The molecule has 0 bridgehead atoms. The van der Waals surface area contributed by atoms with Crippen LogP contribution in [-0.2, 0) is 4.79 Å². The van der Waals surface area contributed by atoms with Gasteiger partial charge in [0.15, 0.2) is 0 Å². The molecule has 2 nitrogen and oxygen atoms in total. The molecule has 1 spiro atoms. The normalized spacial score (nSPS) is 25.4. The summed E-state index contributed by atoms with van der Waals surface area (Å²) in [6, 6.07) is 0. The first-order chi connectivity index (χ1) is 5.63. The van der Waals surface area contributed by atoms with Crippen molar-refractivity contribution in [3.63, 3.8) is 0 Å². The fourth-order valence-corrected chi connectivity index (χ4v) is 2.07. The summed E-state index contributed by atoms with van der Waals surface area (Å²) in [5.41, 5.74) is 0.588. The highest BCUT2D eigenvalue weighted by Crippen LogP contribution is 2.52. The van der Waals surface area contributed by atoms with E-state index in [9.17, 15) is 4.79 Å². The van der Waals surface area contributed by atoms with Crippen molar-refractivity contribution in [2.75, 3.05) is 13.1 Å². The third kappa shape index (κ3) is 1.23. The molecule has 0 unspecified atom stereocenters. The average Bonchev–Trinajstić information content (AvgIpc) is 2.61. The van der Waals surface area contributed by atoms with E-state index in [2.05, 4.69) is 4.90 Å². The summed E-state index contributed by atoms with van der Waals surface area (Å²) in [6.07, 6.45) is 3.97. The quantitative estimate of drug-likeness (QED) is 0.581. The number of carbonyl (C=O) groups excluding carboxylic acids is 1. The van der Waals surface area contributed by atoms with E-state index in [4.69, 9.17) is 0 Å². The number of rotatable bonds is 1. The Hall–Kier alpha value is -0.530. The summed E-state index contributed by atoms with van der Waals surface area (Å²) >= 11 is 0. The molecule has 1 amide bonds. The molecule has 68 valence electrons. The molecule has 0 aromatic heterocycles. The second-order valence-corrected chi connectivity index (χ2v) is 4.66. The molecule has 1 saturated heterocycles. The number of nitrogens with zero attached hydrogens (tertiary/aromatic N) is 1. The number of hydrogen-bond donors (Lipinski definition) is 0. The van der Waals surface area contributed by atoms with Crippen molar-refractivity contribution in [1.29, 1.82) is 0 Å². The number of likely N-dealkylation sites (tertiary alicyclic amines) is 1. The Morgan fingerprint density at radius 2 is 2.00 bits per heavy atom. The lowest BCUT2D eigenvalue weighted by Crippen LogP contribution is -2.32. The lowest BCUT2D eigenvalue weighted by atomic mass is 10.1. The van der Waals surface area contributed by atoms with Gasteiger partial charge in [0, 0.05) is 19.0 Å². The summed E-state index contributed by atoms with van der Waals surface area (Å²) < 4.78 is 0. The zero-order valence-corrected chi connectivity index (χ0v) is 7.97. The van der Waals surface area contributed by atoms with Gasteiger partial charge in [0.25, 0.3) is 0 Å². The molecule has 0 N–H and O–H groups in total. The van der Waals surface area contributed by atoms with E-state index in [1.807, 2.05) is 13.8 Å². The van der Waals surface area contributed by atoms with Gasteiger partial charge in [-0.1, -0.05) is 13.8 Å². The zero-order valence-electron chi connectivity index (χ0n) is 7.97. The molecule has 0 radical (unpaired) electrons. The van der Waals surface area contributed by atoms with Gasteiger partial charge >= 0.3 is 0 Å². The molecule has 2 heteroatoms. The average molecular weight is 167 g/mol. The third-order valence-electron chi connectivity index (χ3n) is 3.20. The minimum Gasteiger partial charge on any atom is -0.342 e. The van der Waals surface area contributed by atoms with Crippen LogP contribution in [0.4, 0.5) is 0 Å². The fourth-order valence-electron chi connectivity index (χ4n) is 2.07. The Morgan fingerprint density at radius 3 is 2.42 bits per heavy atom. The van der Waals surface area contributed by atoms with Crippen LogP contribution in [0.25, 0.3) is 0 Å².